The molecule has 0 unspecified atom stereocenters. The molecule has 0 aliphatic heterocycles. The number of aromatic nitrogens is 4. The summed E-state index contributed by atoms with van der Waals surface area (Å²) >= 11 is 3.24. The van der Waals surface area contributed by atoms with E-state index in [4.69, 9.17) is 4.74 Å². The first-order valence-electron chi connectivity index (χ1n) is 8.06. The molecule has 6 nitrogen and oxygen atoms in total. The van der Waals surface area contributed by atoms with Crippen molar-refractivity contribution in [2.75, 3.05) is 6.61 Å². The predicted octanol–water partition coefficient (Wildman–Crippen LogP) is 4.07. The normalized spacial score (nSPS) is 11.5. The summed E-state index contributed by atoms with van der Waals surface area (Å²) in [5.41, 5.74) is 2.89. The zero-order valence-corrected chi connectivity index (χ0v) is 18.9. The van der Waals surface area contributed by atoms with Gasteiger partial charge in [-0.25, -0.2) is 14.6 Å². The molecule has 146 valence electrons. The lowest BCUT2D eigenvalue weighted by Gasteiger charge is -2.10. The summed E-state index contributed by atoms with van der Waals surface area (Å²) in [6.07, 6.45) is 2.83. The van der Waals surface area contributed by atoms with E-state index < -0.39 is 10.5 Å². The third-order valence-corrected chi connectivity index (χ3v) is 5.23. The summed E-state index contributed by atoms with van der Waals surface area (Å²) in [4.78, 5) is 20.0. The quantitative estimate of drug-likeness (QED) is 0.311. The molecular formula is C18H14F2I2N4O2. The van der Waals surface area contributed by atoms with Crippen molar-refractivity contribution in [3.05, 3.63) is 67.8 Å². The SMILES string of the molecule is Cc1cc(Cn2nc(-c3cnc(OCC(F)(F)I)nc3)ccc2=O)ccc1I. The number of benzene rings is 1. The van der Waals surface area contributed by atoms with Gasteiger partial charge in [-0.2, -0.15) is 13.9 Å². The van der Waals surface area contributed by atoms with Gasteiger partial charge in [-0.15, -0.1) is 0 Å². The van der Waals surface area contributed by atoms with Gasteiger partial charge >= 0.3 is 9.94 Å². The van der Waals surface area contributed by atoms with Gasteiger partial charge in [0, 0.05) is 50.2 Å². The van der Waals surface area contributed by atoms with Gasteiger partial charge < -0.3 is 4.74 Å². The van der Waals surface area contributed by atoms with Crippen molar-refractivity contribution >= 4 is 45.2 Å². The highest BCUT2D eigenvalue weighted by molar-refractivity contribution is 14.1. The fourth-order valence-corrected chi connectivity index (χ4v) is 2.85. The molecule has 0 amide bonds. The van der Waals surface area contributed by atoms with Crippen molar-refractivity contribution in [3.63, 3.8) is 0 Å². The highest BCUT2D eigenvalue weighted by Crippen LogP contribution is 2.23. The molecule has 3 aromatic rings. The minimum atomic E-state index is -3.00. The molecule has 10 heteroatoms. The van der Waals surface area contributed by atoms with E-state index in [1.807, 2.05) is 25.1 Å². The van der Waals surface area contributed by atoms with Gasteiger partial charge in [0.05, 0.1) is 12.2 Å². The Morgan fingerprint density at radius 3 is 2.54 bits per heavy atom. The van der Waals surface area contributed by atoms with Gasteiger partial charge in [-0.1, -0.05) is 12.1 Å². The Balaban J connectivity index is 1.80. The maximum atomic E-state index is 12.8. The Kier molecular flexibility index (Phi) is 6.58. The van der Waals surface area contributed by atoms with Crippen LogP contribution in [0.1, 0.15) is 11.1 Å². The number of ether oxygens (including phenoxy) is 1. The molecule has 0 radical (unpaired) electrons. The lowest BCUT2D eigenvalue weighted by molar-refractivity contribution is 0.0603. The number of hydrogen-bond donors (Lipinski definition) is 0. The average molecular weight is 610 g/mol. The minimum absolute atomic E-state index is 0.150. The van der Waals surface area contributed by atoms with E-state index >= 15 is 0 Å². The number of rotatable bonds is 6. The van der Waals surface area contributed by atoms with Crippen LogP contribution in [0.2, 0.25) is 0 Å². The molecule has 28 heavy (non-hydrogen) atoms. The molecular weight excluding hydrogens is 596 g/mol. The third-order valence-electron chi connectivity index (χ3n) is 3.71. The Bertz CT molecular complexity index is 1040. The summed E-state index contributed by atoms with van der Waals surface area (Å²) in [5.74, 6) is 0. The van der Waals surface area contributed by atoms with Crippen molar-refractivity contribution < 1.29 is 13.5 Å². The second kappa shape index (κ2) is 8.76. The van der Waals surface area contributed by atoms with Crippen molar-refractivity contribution in [2.45, 2.75) is 17.4 Å². The lowest BCUT2D eigenvalue weighted by Crippen LogP contribution is -2.23. The summed E-state index contributed by atoms with van der Waals surface area (Å²) in [6, 6.07) is 8.79. The summed E-state index contributed by atoms with van der Waals surface area (Å²) in [5, 5.41) is 4.37. The van der Waals surface area contributed by atoms with Crippen LogP contribution in [0, 0.1) is 10.5 Å². The Morgan fingerprint density at radius 2 is 1.89 bits per heavy atom. The first kappa shape index (κ1) is 21.0. The van der Waals surface area contributed by atoms with Crippen LogP contribution in [-0.4, -0.2) is 30.3 Å². The number of alkyl halides is 3. The van der Waals surface area contributed by atoms with Crippen LogP contribution in [0.15, 0.2) is 47.5 Å². The molecule has 0 aliphatic carbocycles. The molecule has 0 N–H and O–H groups in total. The third kappa shape index (κ3) is 5.65. The first-order valence-corrected chi connectivity index (χ1v) is 10.2. The van der Waals surface area contributed by atoms with E-state index in [0.29, 0.717) is 17.8 Å². The zero-order valence-electron chi connectivity index (χ0n) is 14.6. The topological polar surface area (TPSA) is 69.9 Å². The first-order chi connectivity index (χ1) is 13.2. The monoisotopic (exact) mass is 610 g/mol. The van der Waals surface area contributed by atoms with E-state index in [0.717, 1.165) is 37.3 Å². The van der Waals surface area contributed by atoms with E-state index in [1.54, 1.807) is 6.07 Å². The van der Waals surface area contributed by atoms with Gasteiger partial charge in [0.25, 0.3) is 5.56 Å². The van der Waals surface area contributed by atoms with E-state index in [-0.39, 0.29) is 11.6 Å². The van der Waals surface area contributed by atoms with Crippen molar-refractivity contribution in [3.8, 4) is 17.3 Å². The average Bonchev–Trinajstić information content (AvgIpc) is 2.65. The molecule has 0 saturated carbocycles. The van der Waals surface area contributed by atoms with Crippen LogP contribution in [0.3, 0.4) is 0 Å². The number of halogens is 4. The van der Waals surface area contributed by atoms with Crippen molar-refractivity contribution in [1.82, 2.24) is 19.7 Å². The standard InChI is InChI=1S/C18H14F2I2N4O2/c1-11-6-12(2-3-14(11)21)9-26-16(27)5-4-15(25-26)13-7-23-17(24-8-13)28-10-18(19,20)22/h2-8H,9-10H2,1H3. The molecule has 0 spiro atoms. The molecule has 1 aromatic carbocycles. The fourth-order valence-electron chi connectivity index (χ4n) is 2.36. The Labute approximate surface area is 186 Å². The van der Waals surface area contributed by atoms with Crippen LogP contribution in [-0.2, 0) is 6.54 Å². The van der Waals surface area contributed by atoms with Crippen LogP contribution in [0.4, 0.5) is 8.78 Å². The van der Waals surface area contributed by atoms with E-state index in [9.17, 15) is 13.6 Å². The highest BCUT2D eigenvalue weighted by atomic mass is 127. The predicted molar refractivity (Wildman–Crippen MR) is 117 cm³/mol. The van der Waals surface area contributed by atoms with Crippen LogP contribution in [0.25, 0.3) is 11.3 Å². The smallest absolute Gasteiger partial charge is 0.329 e. The molecule has 0 saturated heterocycles. The molecule has 0 fully saturated rings. The maximum Gasteiger partial charge on any atom is 0.329 e. The Hall–Kier alpha value is -1.70. The molecule has 0 atom stereocenters. The van der Waals surface area contributed by atoms with Crippen LogP contribution in [0.5, 0.6) is 6.01 Å². The highest BCUT2D eigenvalue weighted by Gasteiger charge is 2.25. The Morgan fingerprint density at radius 1 is 1.18 bits per heavy atom. The van der Waals surface area contributed by atoms with Gasteiger partial charge in [-0.05, 0) is 52.8 Å². The second-order valence-corrected chi connectivity index (χ2v) is 8.70. The largest absolute Gasteiger partial charge is 0.456 e. The van der Waals surface area contributed by atoms with Gasteiger partial charge in [0.15, 0.2) is 6.61 Å². The minimum Gasteiger partial charge on any atom is -0.456 e. The zero-order chi connectivity index (χ0) is 20.3. The van der Waals surface area contributed by atoms with E-state index in [2.05, 4.69) is 37.7 Å². The van der Waals surface area contributed by atoms with Crippen molar-refractivity contribution in [1.29, 1.82) is 0 Å². The molecule has 0 bridgehead atoms. The summed E-state index contributed by atoms with van der Waals surface area (Å²) in [6.45, 7) is 1.52. The van der Waals surface area contributed by atoms with Crippen LogP contribution < -0.4 is 10.3 Å². The van der Waals surface area contributed by atoms with Crippen molar-refractivity contribution in [2.24, 2.45) is 0 Å². The lowest BCUT2D eigenvalue weighted by atomic mass is 10.1. The van der Waals surface area contributed by atoms with Gasteiger partial charge in [0.1, 0.15) is 0 Å². The number of nitrogens with zero attached hydrogens (tertiary/aromatic N) is 4. The second-order valence-electron chi connectivity index (χ2n) is 5.96. The van der Waals surface area contributed by atoms with Gasteiger partial charge in [-0.3, -0.25) is 4.79 Å². The number of hydrogen-bond acceptors (Lipinski definition) is 5. The molecule has 2 aromatic heterocycles. The summed E-state index contributed by atoms with van der Waals surface area (Å²) < 4.78 is 30.0. The summed E-state index contributed by atoms with van der Waals surface area (Å²) in [7, 11) is 0. The van der Waals surface area contributed by atoms with E-state index in [1.165, 1.54) is 23.1 Å². The number of aryl methyl sites for hydroxylation is 1. The van der Waals surface area contributed by atoms with Crippen LogP contribution >= 0.6 is 45.2 Å². The maximum absolute atomic E-state index is 12.8. The van der Waals surface area contributed by atoms with Gasteiger partial charge in [0.2, 0.25) is 0 Å². The molecule has 2 heterocycles. The molecule has 0 aliphatic rings. The molecule has 3 rings (SSSR count). The fraction of sp³-hybridized carbons (Fsp3) is 0.222.